The highest BCUT2D eigenvalue weighted by Crippen LogP contribution is 2.28. The number of carbonyl (C=O) groups is 1. The topological polar surface area (TPSA) is 54.0 Å². The van der Waals surface area contributed by atoms with Crippen LogP contribution in [0.4, 0.5) is 17.2 Å². The van der Waals surface area contributed by atoms with Gasteiger partial charge in [0.1, 0.15) is 5.82 Å². The van der Waals surface area contributed by atoms with Crippen molar-refractivity contribution in [2.45, 2.75) is 0 Å². The van der Waals surface area contributed by atoms with E-state index >= 15 is 0 Å². The number of hydrogen-bond donors (Lipinski definition) is 2. The van der Waals surface area contributed by atoms with Crippen LogP contribution in [0, 0.1) is 0 Å². The minimum absolute atomic E-state index is 0.239. The number of aromatic nitrogens is 1. The van der Waals surface area contributed by atoms with Crippen LogP contribution in [0.1, 0.15) is 10.4 Å². The molecule has 0 unspecified atom stereocenters. The Morgan fingerprint density at radius 2 is 1.60 bits per heavy atom. The molecule has 0 saturated heterocycles. The van der Waals surface area contributed by atoms with Crippen molar-refractivity contribution >= 4 is 57.9 Å². The average molecular weight is 393 g/mol. The average Bonchev–Trinajstić information content (AvgIpc) is 2.60. The van der Waals surface area contributed by atoms with Crippen molar-refractivity contribution in [3.63, 3.8) is 0 Å². The number of pyridine rings is 1. The first kappa shape index (κ1) is 17.5. The lowest BCUT2D eigenvalue weighted by Gasteiger charge is -2.09. The van der Waals surface area contributed by atoms with Gasteiger partial charge in [0.2, 0.25) is 0 Å². The third kappa shape index (κ3) is 4.63. The van der Waals surface area contributed by atoms with Gasteiger partial charge in [-0.1, -0.05) is 34.8 Å². The van der Waals surface area contributed by atoms with Gasteiger partial charge in [0, 0.05) is 15.6 Å². The summed E-state index contributed by atoms with van der Waals surface area (Å²) in [6.07, 6.45) is 1.55. The van der Waals surface area contributed by atoms with E-state index in [0.29, 0.717) is 37.8 Å². The van der Waals surface area contributed by atoms with Gasteiger partial charge in [-0.25, -0.2) is 4.98 Å². The van der Waals surface area contributed by atoms with Crippen LogP contribution in [-0.2, 0) is 0 Å². The second kappa shape index (κ2) is 7.74. The first-order chi connectivity index (χ1) is 12.0. The van der Waals surface area contributed by atoms with Gasteiger partial charge in [-0.2, -0.15) is 0 Å². The number of carbonyl (C=O) groups excluding carboxylic acids is 1. The van der Waals surface area contributed by atoms with E-state index < -0.39 is 0 Å². The lowest BCUT2D eigenvalue weighted by molar-refractivity contribution is 0.102. The van der Waals surface area contributed by atoms with Crippen LogP contribution in [0.15, 0.2) is 60.8 Å². The third-order valence-corrected chi connectivity index (χ3v) is 4.14. The highest BCUT2D eigenvalue weighted by molar-refractivity contribution is 6.35. The van der Waals surface area contributed by atoms with E-state index in [1.165, 1.54) is 0 Å². The summed E-state index contributed by atoms with van der Waals surface area (Å²) in [6, 6.07) is 15.2. The second-order valence-corrected chi connectivity index (χ2v) is 6.42. The minimum Gasteiger partial charge on any atom is -0.339 e. The van der Waals surface area contributed by atoms with Crippen molar-refractivity contribution in [2.24, 2.45) is 0 Å². The molecule has 1 aromatic heterocycles. The monoisotopic (exact) mass is 391 g/mol. The van der Waals surface area contributed by atoms with Crippen LogP contribution >= 0.6 is 34.8 Å². The first-order valence-corrected chi connectivity index (χ1v) is 8.40. The SMILES string of the molecule is O=C(Nc1ccc(Nc2cc(Cl)ccc2Cl)nc1)c1ccc(Cl)cc1. The van der Waals surface area contributed by atoms with Crippen LogP contribution in [0.5, 0.6) is 0 Å². The number of halogens is 3. The summed E-state index contributed by atoms with van der Waals surface area (Å²) >= 11 is 17.9. The fourth-order valence-electron chi connectivity index (χ4n) is 2.08. The summed E-state index contributed by atoms with van der Waals surface area (Å²) in [5, 5.41) is 7.53. The van der Waals surface area contributed by atoms with Crippen molar-refractivity contribution in [1.82, 2.24) is 4.98 Å². The van der Waals surface area contributed by atoms with E-state index in [-0.39, 0.29) is 5.91 Å². The van der Waals surface area contributed by atoms with Crippen LogP contribution < -0.4 is 10.6 Å². The molecule has 0 fully saturated rings. The van der Waals surface area contributed by atoms with Crippen molar-refractivity contribution < 1.29 is 4.79 Å². The Bertz CT molecular complexity index is 896. The highest BCUT2D eigenvalue weighted by Gasteiger charge is 2.07. The molecular formula is C18H12Cl3N3O. The molecule has 25 heavy (non-hydrogen) atoms. The molecule has 0 saturated carbocycles. The number of amides is 1. The highest BCUT2D eigenvalue weighted by atomic mass is 35.5. The first-order valence-electron chi connectivity index (χ1n) is 7.26. The molecule has 4 nitrogen and oxygen atoms in total. The molecule has 2 aromatic carbocycles. The number of nitrogens with one attached hydrogen (secondary N) is 2. The maximum absolute atomic E-state index is 12.2. The quantitative estimate of drug-likeness (QED) is 0.569. The van der Waals surface area contributed by atoms with Crippen molar-refractivity contribution in [3.8, 4) is 0 Å². The Kier molecular flexibility index (Phi) is 5.43. The molecule has 2 N–H and O–H groups in total. The Hall–Kier alpha value is -2.27. The fourth-order valence-corrected chi connectivity index (χ4v) is 2.54. The standard InChI is InChI=1S/C18H12Cl3N3O/c19-12-3-1-11(2-4-12)18(25)23-14-6-8-17(22-10-14)24-16-9-13(20)5-7-15(16)21/h1-10H,(H,22,24)(H,23,25). The van der Waals surface area contributed by atoms with Gasteiger partial charge >= 0.3 is 0 Å². The Morgan fingerprint density at radius 3 is 2.28 bits per heavy atom. The largest absolute Gasteiger partial charge is 0.339 e. The molecule has 0 atom stereocenters. The van der Waals surface area contributed by atoms with Crippen molar-refractivity contribution in [3.05, 3.63) is 81.4 Å². The van der Waals surface area contributed by atoms with Crippen LogP contribution in [0.2, 0.25) is 15.1 Å². The predicted octanol–water partition coefficient (Wildman–Crippen LogP) is 6.04. The van der Waals surface area contributed by atoms with E-state index in [9.17, 15) is 4.79 Å². The van der Waals surface area contributed by atoms with Crippen molar-refractivity contribution in [1.29, 1.82) is 0 Å². The zero-order valence-corrected chi connectivity index (χ0v) is 15.0. The molecule has 7 heteroatoms. The predicted molar refractivity (Wildman–Crippen MR) is 103 cm³/mol. The molecule has 3 aromatic rings. The summed E-state index contributed by atoms with van der Waals surface area (Å²) in [4.78, 5) is 16.4. The normalized spacial score (nSPS) is 10.4. The molecule has 126 valence electrons. The van der Waals surface area contributed by atoms with Crippen LogP contribution in [0.25, 0.3) is 0 Å². The smallest absolute Gasteiger partial charge is 0.255 e. The lowest BCUT2D eigenvalue weighted by atomic mass is 10.2. The van der Waals surface area contributed by atoms with Crippen LogP contribution in [0.3, 0.4) is 0 Å². The number of anilines is 3. The Morgan fingerprint density at radius 1 is 0.880 bits per heavy atom. The van der Waals surface area contributed by atoms with Crippen molar-refractivity contribution in [2.75, 3.05) is 10.6 Å². The number of nitrogens with zero attached hydrogens (tertiary/aromatic N) is 1. The molecule has 0 spiro atoms. The molecule has 1 amide bonds. The zero-order valence-electron chi connectivity index (χ0n) is 12.8. The van der Waals surface area contributed by atoms with Gasteiger partial charge in [0.15, 0.2) is 0 Å². The van der Waals surface area contributed by atoms with Gasteiger partial charge in [-0.15, -0.1) is 0 Å². The van der Waals surface area contributed by atoms with E-state index in [4.69, 9.17) is 34.8 Å². The van der Waals surface area contributed by atoms with Gasteiger partial charge in [0.05, 0.1) is 22.6 Å². The molecular weight excluding hydrogens is 381 g/mol. The summed E-state index contributed by atoms with van der Waals surface area (Å²) in [5.41, 5.74) is 1.74. The maximum Gasteiger partial charge on any atom is 0.255 e. The summed E-state index contributed by atoms with van der Waals surface area (Å²) < 4.78 is 0. The zero-order chi connectivity index (χ0) is 17.8. The summed E-state index contributed by atoms with van der Waals surface area (Å²) in [5.74, 6) is 0.339. The number of hydrogen-bond acceptors (Lipinski definition) is 3. The number of rotatable bonds is 4. The lowest BCUT2D eigenvalue weighted by Crippen LogP contribution is -2.11. The summed E-state index contributed by atoms with van der Waals surface area (Å²) in [7, 11) is 0. The fraction of sp³-hybridized carbons (Fsp3) is 0. The van der Waals surface area contributed by atoms with Gasteiger partial charge < -0.3 is 10.6 Å². The molecule has 1 heterocycles. The maximum atomic E-state index is 12.2. The van der Waals surface area contributed by atoms with E-state index in [0.717, 1.165) is 0 Å². The molecule has 0 radical (unpaired) electrons. The molecule has 0 aliphatic carbocycles. The molecule has 0 aliphatic heterocycles. The number of benzene rings is 2. The van der Waals surface area contributed by atoms with E-state index in [2.05, 4.69) is 15.6 Å². The van der Waals surface area contributed by atoms with Gasteiger partial charge in [0.25, 0.3) is 5.91 Å². The second-order valence-electron chi connectivity index (χ2n) is 5.14. The Balaban J connectivity index is 1.68. The Labute approximate surface area is 159 Å². The van der Waals surface area contributed by atoms with Crippen LogP contribution in [-0.4, -0.2) is 10.9 Å². The molecule has 0 aliphatic rings. The minimum atomic E-state index is -0.239. The van der Waals surface area contributed by atoms with E-state index in [1.54, 1.807) is 60.8 Å². The summed E-state index contributed by atoms with van der Waals surface area (Å²) in [6.45, 7) is 0. The van der Waals surface area contributed by atoms with E-state index in [1.807, 2.05) is 0 Å². The van der Waals surface area contributed by atoms with Gasteiger partial charge in [-0.05, 0) is 54.6 Å². The molecule has 3 rings (SSSR count). The third-order valence-electron chi connectivity index (χ3n) is 3.32. The molecule has 0 bridgehead atoms. The van der Waals surface area contributed by atoms with Gasteiger partial charge in [-0.3, -0.25) is 4.79 Å².